The molecule has 1 unspecified atom stereocenters. The number of hydrogen-bond donors (Lipinski definition) is 1. The highest BCUT2D eigenvalue weighted by Crippen LogP contribution is 2.08. The molecule has 0 aromatic carbocycles. The molecule has 1 atom stereocenters. The number of hydrogen-bond acceptors (Lipinski definition) is 3. The second-order valence-electron chi connectivity index (χ2n) is 5.71. The molecule has 132 valence electrons. The van der Waals surface area contributed by atoms with E-state index < -0.39 is 6.04 Å². The van der Waals surface area contributed by atoms with Crippen LogP contribution in [0.15, 0.2) is 31.5 Å². The van der Waals surface area contributed by atoms with Crippen molar-refractivity contribution in [2.45, 2.75) is 46.2 Å². The molecule has 0 aliphatic rings. The summed E-state index contributed by atoms with van der Waals surface area (Å²) in [7, 11) is 0. The van der Waals surface area contributed by atoms with Gasteiger partial charge in [-0.15, -0.1) is 13.2 Å². The van der Waals surface area contributed by atoms with E-state index in [2.05, 4.69) is 23.6 Å². The maximum atomic E-state index is 12.3. The Hall–Kier alpha value is -2.37. The Balaban J connectivity index is 2.53. The van der Waals surface area contributed by atoms with Gasteiger partial charge in [-0.05, 0) is 32.8 Å². The van der Waals surface area contributed by atoms with Gasteiger partial charge >= 0.3 is 0 Å². The predicted molar refractivity (Wildman–Crippen MR) is 95.5 cm³/mol. The first-order valence-corrected chi connectivity index (χ1v) is 8.25. The number of amides is 2. The van der Waals surface area contributed by atoms with Crippen molar-refractivity contribution in [2.24, 2.45) is 0 Å². The van der Waals surface area contributed by atoms with Crippen molar-refractivity contribution in [3.8, 4) is 0 Å². The van der Waals surface area contributed by atoms with E-state index in [1.165, 1.54) is 0 Å². The summed E-state index contributed by atoms with van der Waals surface area (Å²) in [5, 5.41) is 7.13. The van der Waals surface area contributed by atoms with E-state index in [0.29, 0.717) is 25.9 Å². The average Bonchev–Trinajstić information content (AvgIpc) is 2.92. The molecule has 2 amide bonds. The van der Waals surface area contributed by atoms with E-state index in [1.807, 2.05) is 24.7 Å². The molecule has 1 N–H and O–H groups in total. The van der Waals surface area contributed by atoms with Gasteiger partial charge in [0.15, 0.2) is 0 Å². The van der Waals surface area contributed by atoms with Crippen LogP contribution in [0.2, 0.25) is 0 Å². The number of carbonyl (C=O) groups excluding carboxylic acids is 2. The molecular weight excluding hydrogens is 304 g/mol. The molecule has 1 aromatic heterocycles. The van der Waals surface area contributed by atoms with Gasteiger partial charge in [0.1, 0.15) is 6.04 Å². The van der Waals surface area contributed by atoms with Crippen molar-refractivity contribution in [2.75, 3.05) is 13.1 Å². The molecule has 0 aliphatic heterocycles. The standard InChI is InChI=1S/C18H28N4O2/c1-6-11-21(12-7-2)18(24)15(5)19-17(23)10-9-16-13-22(8-3)20-14(16)4/h6-7,13,15H,1-2,8-12H2,3-5H3,(H,19,23). The third-order valence-electron chi connectivity index (χ3n) is 3.75. The van der Waals surface area contributed by atoms with Crippen LogP contribution in [0.1, 0.15) is 31.5 Å². The zero-order valence-corrected chi connectivity index (χ0v) is 14.9. The van der Waals surface area contributed by atoms with Crippen LogP contribution in [0, 0.1) is 6.92 Å². The van der Waals surface area contributed by atoms with Crippen molar-refractivity contribution >= 4 is 11.8 Å². The highest BCUT2D eigenvalue weighted by molar-refractivity contribution is 5.87. The Labute approximate surface area is 144 Å². The van der Waals surface area contributed by atoms with E-state index in [1.54, 1.807) is 24.0 Å². The molecule has 1 heterocycles. The minimum atomic E-state index is -0.572. The van der Waals surface area contributed by atoms with Crippen LogP contribution in [-0.2, 0) is 22.6 Å². The number of aryl methyl sites for hydroxylation is 3. The first-order chi connectivity index (χ1) is 11.4. The molecule has 6 heteroatoms. The minimum Gasteiger partial charge on any atom is -0.345 e. The maximum absolute atomic E-state index is 12.3. The van der Waals surface area contributed by atoms with Crippen LogP contribution in [0.4, 0.5) is 0 Å². The van der Waals surface area contributed by atoms with E-state index in [4.69, 9.17) is 0 Å². The van der Waals surface area contributed by atoms with Crippen LogP contribution >= 0.6 is 0 Å². The summed E-state index contributed by atoms with van der Waals surface area (Å²) in [4.78, 5) is 26.0. The summed E-state index contributed by atoms with van der Waals surface area (Å²) in [6.45, 7) is 14.6. The van der Waals surface area contributed by atoms with Crippen LogP contribution in [-0.4, -0.2) is 45.6 Å². The van der Waals surface area contributed by atoms with Gasteiger partial charge in [0.05, 0.1) is 5.69 Å². The Bertz CT molecular complexity index is 582. The van der Waals surface area contributed by atoms with Gasteiger partial charge in [0.25, 0.3) is 0 Å². The fourth-order valence-corrected chi connectivity index (χ4v) is 2.43. The Morgan fingerprint density at radius 1 is 1.38 bits per heavy atom. The topological polar surface area (TPSA) is 67.2 Å². The summed E-state index contributed by atoms with van der Waals surface area (Å²) < 4.78 is 1.86. The highest BCUT2D eigenvalue weighted by atomic mass is 16.2. The summed E-state index contributed by atoms with van der Waals surface area (Å²) >= 11 is 0. The fraction of sp³-hybridized carbons (Fsp3) is 0.500. The predicted octanol–water partition coefficient (Wildman–Crippen LogP) is 1.85. The second-order valence-corrected chi connectivity index (χ2v) is 5.71. The summed E-state index contributed by atoms with van der Waals surface area (Å²) in [6.07, 6.45) is 6.22. The second kappa shape index (κ2) is 9.70. The lowest BCUT2D eigenvalue weighted by atomic mass is 10.1. The van der Waals surface area contributed by atoms with Crippen LogP contribution in [0.5, 0.6) is 0 Å². The number of rotatable bonds is 10. The number of carbonyl (C=O) groups is 2. The van der Waals surface area contributed by atoms with E-state index in [9.17, 15) is 9.59 Å². The van der Waals surface area contributed by atoms with Crippen molar-refractivity contribution in [1.29, 1.82) is 0 Å². The number of aromatic nitrogens is 2. The molecule has 0 saturated heterocycles. The maximum Gasteiger partial charge on any atom is 0.245 e. The molecule has 1 aromatic rings. The van der Waals surface area contributed by atoms with Gasteiger partial charge in [0.2, 0.25) is 11.8 Å². The van der Waals surface area contributed by atoms with Gasteiger partial charge in [-0.25, -0.2) is 0 Å². The molecule has 0 fully saturated rings. The zero-order valence-electron chi connectivity index (χ0n) is 14.9. The lowest BCUT2D eigenvalue weighted by molar-refractivity contribution is -0.135. The van der Waals surface area contributed by atoms with Gasteiger partial charge in [-0.1, -0.05) is 12.2 Å². The van der Waals surface area contributed by atoms with Crippen LogP contribution in [0.3, 0.4) is 0 Å². The Morgan fingerprint density at radius 3 is 2.50 bits per heavy atom. The summed E-state index contributed by atoms with van der Waals surface area (Å²) in [6, 6.07) is -0.572. The normalized spacial score (nSPS) is 11.6. The molecule has 1 rings (SSSR count). The first-order valence-electron chi connectivity index (χ1n) is 8.25. The first kappa shape index (κ1) is 19.7. The van der Waals surface area contributed by atoms with Crippen molar-refractivity contribution in [1.82, 2.24) is 20.0 Å². The molecule has 0 aliphatic carbocycles. The third kappa shape index (κ3) is 5.68. The SMILES string of the molecule is C=CCN(CC=C)C(=O)C(C)NC(=O)CCc1cn(CC)nc1C. The lowest BCUT2D eigenvalue weighted by Gasteiger charge is -2.23. The molecule has 6 nitrogen and oxygen atoms in total. The minimum absolute atomic E-state index is 0.141. The van der Waals surface area contributed by atoms with E-state index in [-0.39, 0.29) is 11.8 Å². The summed E-state index contributed by atoms with van der Waals surface area (Å²) in [5.74, 6) is -0.283. The molecule has 0 saturated carbocycles. The van der Waals surface area contributed by atoms with E-state index in [0.717, 1.165) is 17.8 Å². The smallest absolute Gasteiger partial charge is 0.245 e. The third-order valence-corrected chi connectivity index (χ3v) is 3.75. The quantitative estimate of drug-likeness (QED) is 0.665. The zero-order chi connectivity index (χ0) is 18.1. The molecule has 0 bridgehead atoms. The number of nitrogens with zero attached hydrogens (tertiary/aromatic N) is 3. The van der Waals surface area contributed by atoms with Gasteiger partial charge in [0, 0.05) is 32.3 Å². The molecule has 0 radical (unpaired) electrons. The Kier molecular flexibility index (Phi) is 7.95. The van der Waals surface area contributed by atoms with Gasteiger partial charge < -0.3 is 10.2 Å². The van der Waals surface area contributed by atoms with Crippen molar-refractivity contribution in [3.05, 3.63) is 42.8 Å². The highest BCUT2D eigenvalue weighted by Gasteiger charge is 2.20. The molecule has 24 heavy (non-hydrogen) atoms. The Morgan fingerprint density at radius 2 is 2.00 bits per heavy atom. The average molecular weight is 332 g/mol. The van der Waals surface area contributed by atoms with Crippen molar-refractivity contribution < 1.29 is 9.59 Å². The fourth-order valence-electron chi connectivity index (χ4n) is 2.43. The summed E-state index contributed by atoms with van der Waals surface area (Å²) in [5.41, 5.74) is 2.00. The molecular formula is C18H28N4O2. The van der Waals surface area contributed by atoms with E-state index >= 15 is 0 Å². The van der Waals surface area contributed by atoms with Gasteiger partial charge in [-0.3, -0.25) is 14.3 Å². The van der Waals surface area contributed by atoms with Crippen molar-refractivity contribution in [3.63, 3.8) is 0 Å². The number of nitrogens with one attached hydrogen (secondary N) is 1. The molecule has 0 spiro atoms. The van der Waals surface area contributed by atoms with Gasteiger partial charge in [-0.2, -0.15) is 5.10 Å². The van der Waals surface area contributed by atoms with Crippen LogP contribution in [0.25, 0.3) is 0 Å². The van der Waals surface area contributed by atoms with Crippen LogP contribution < -0.4 is 5.32 Å². The largest absolute Gasteiger partial charge is 0.345 e. The lowest BCUT2D eigenvalue weighted by Crippen LogP contribution is -2.47. The monoisotopic (exact) mass is 332 g/mol.